The molecule has 0 bridgehead atoms. The Labute approximate surface area is 149 Å². The summed E-state index contributed by atoms with van der Waals surface area (Å²) in [5.74, 6) is 1.89. The lowest BCUT2D eigenvalue weighted by Gasteiger charge is -2.10. The highest BCUT2D eigenvalue weighted by Gasteiger charge is 2.09. The van der Waals surface area contributed by atoms with Crippen LogP contribution in [0.5, 0.6) is 5.75 Å². The van der Waals surface area contributed by atoms with Gasteiger partial charge in [-0.05, 0) is 30.4 Å². The van der Waals surface area contributed by atoms with Gasteiger partial charge in [-0.3, -0.25) is 4.79 Å². The van der Waals surface area contributed by atoms with Crippen LogP contribution >= 0.6 is 0 Å². The fourth-order valence-electron chi connectivity index (χ4n) is 2.38. The Morgan fingerprint density at radius 2 is 2.00 bits per heavy atom. The Kier molecular flexibility index (Phi) is 7.19. The Morgan fingerprint density at radius 3 is 2.76 bits per heavy atom. The molecule has 1 heterocycles. The number of rotatable bonds is 9. The molecule has 134 valence electrons. The highest BCUT2D eigenvalue weighted by molar-refractivity contribution is 5.92. The number of anilines is 1. The van der Waals surface area contributed by atoms with Gasteiger partial charge < -0.3 is 15.4 Å². The molecule has 0 saturated carbocycles. The summed E-state index contributed by atoms with van der Waals surface area (Å²) < 4.78 is 5.35. The minimum atomic E-state index is -0.171. The van der Waals surface area contributed by atoms with Crippen molar-refractivity contribution in [3.8, 4) is 5.75 Å². The molecule has 1 aromatic carbocycles. The van der Waals surface area contributed by atoms with E-state index in [2.05, 4.69) is 34.4 Å². The first-order valence-corrected chi connectivity index (χ1v) is 8.56. The van der Waals surface area contributed by atoms with Gasteiger partial charge in [-0.1, -0.05) is 32.0 Å². The molecule has 0 aliphatic carbocycles. The summed E-state index contributed by atoms with van der Waals surface area (Å²) in [5.41, 5.74) is 1.50. The maximum absolute atomic E-state index is 12.1. The van der Waals surface area contributed by atoms with Crippen molar-refractivity contribution in [2.45, 2.75) is 26.7 Å². The van der Waals surface area contributed by atoms with E-state index < -0.39 is 0 Å². The molecule has 2 aromatic rings. The van der Waals surface area contributed by atoms with Gasteiger partial charge in [-0.2, -0.15) is 0 Å². The molecule has 1 amide bonds. The van der Waals surface area contributed by atoms with Crippen LogP contribution in [-0.2, 0) is 6.42 Å². The van der Waals surface area contributed by atoms with E-state index in [9.17, 15) is 4.79 Å². The zero-order chi connectivity index (χ0) is 18.1. The fraction of sp³-hybridized carbons (Fsp3) is 0.421. The topological polar surface area (TPSA) is 76.1 Å². The molecule has 2 rings (SSSR count). The van der Waals surface area contributed by atoms with E-state index in [0.29, 0.717) is 30.5 Å². The number of ether oxygens (including phenoxy) is 1. The van der Waals surface area contributed by atoms with Crippen LogP contribution in [0, 0.1) is 5.92 Å². The molecule has 0 spiro atoms. The quantitative estimate of drug-likeness (QED) is 0.733. The average Bonchev–Trinajstić information content (AvgIpc) is 2.62. The molecule has 6 heteroatoms. The average molecular weight is 342 g/mol. The van der Waals surface area contributed by atoms with Crippen molar-refractivity contribution in [2.75, 3.05) is 25.5 Å². The molecule has 0 aliphatic heterocycles. The minimum absolute atomic E-state index is 0.171. The van der Waals surface area contributed by atoms with Crippen molar-refractivity contribution >= 4 is 11.7 Å². The lowest BCUT2D eigenvalue weighted by atomic mass is 10.1. The summed E-state index contributed by atoms with van der Waals surface area (Å²) in [6, 6.07) is 9.59. The molecule has 25 heavy (non-hydrogen) atoms. The van der Waals surface area contributed by atoms with E-state index in [1.165, 1.54) is 6.33 Å². The first kappa shape index (κ1) is 18.7. The summed E-state index contributed by atoms with van der Waals surface area (Å²) >= 11 is 0. The number of nitrogens with one attached hydrogen (secondary N) is 2. The number of carbonyl (C=O) groups is 1. The van der Waals surface area contributed by atoms with Gasteiger partial charge in [0.1, 0.15) is 23.6 Å². The summed E-state index contributed by atoms with van der Waals surface area (Å²) in [5, 5.41) is 6.11. The number of para-hydroxylation sites is 1. The number of amides is 1. The number of hydrogen-bond acceptors (Lipinski definition) is 5. The minimum Gasteiger partial charge on any atom is -0.496 e. The second kappa shape index (κ2) is 9.61. The van der Waals surface area contributed by atoms with E-state index in [1.807, 2.05) is 24.3 Å². The molecule has 0 unspecified atom stereocenters. The number of aromatic nitrogens is 2. The van der Waals surface area contributed by atoms with Gasteiger partial charge in [0.25, 0.3) is 5.91 Å². The van der Waals surface area contributed by atoms with E-state index in [1.54, 1.807) is 13.2 Å². The third-order valence-corrected chi connectivity index (χ3v) is 3.80. The van der Waals surface area contributed by atoms with E-state index in [0.717, 1.165) is 24.2 Å². The van der Waals surface area contributed by atoms with Crippen molar-refractivity contribution < 1.29 is 9.53 Å². The zero-order valence-corrected chi connectivity index (χ0v) is 15.1. The van der Waals surface area contributed by atoms with Crippen LogP contribution in [0.3, 0.4) is 0 Å². The third-order valence-electron chi connectivity index (χ3n) is 3.80. The number of carbonyl (C=O) groups excluding carboxylic acids is 1. The maximum Gasteiger partial charge on any atom is 0.270 e. The highest BCUT2D eigenvalue weighted by atomic mass is 16.5. The summed E-state index contributed by atoms with van der Waals surface area (Å²) in [6.07, 6.45) is 3.15. The van der Waals surface area contributed by atoms with Crippen molar-refractivity contribution in [1.82, 2.24) is 15.3 Å². The van der Waals surface area contributed by atoms with Gasteiger partial charge in [0, 0.05) is 19.2 Å². The molecular weight excluding hydrogens is 316 g/mol. The molecule has 1 aromatic heterocycles. The van der Waals surface area contributed by atoms with Crippen molar-refractivity contribution in [1.29, 1.82) is 0 Å². The van der Waals surface area contributed by atoms with Gasteiger partial charge in [0.15, 0.2) is 0 Å². The number of nitrogens with zero attached hydrogens (tertiary/aromatic N) is 2. The number of methoxy groups -OCH3 is 1. The monoisotopic (exact) mass is 342 g/mol. The normalized spacial score (nSPS) is 10.6. The second-order valence-electron chi connectivity index (χ2n) is 6.22. The number of hydrogen-bond donors (Lipinski definition) is 2. The molecular formula is C19H26N4O2. The molecule has 0 fully saturated rings. The van der Waals surface area contributed by atoms with Crippen LogP contribution in [0.4, 0.5) is 5.82 Å². The standard InChI is InChI=1S/C19H26N4O2/c1-14(2)8-10-21-19(24)16-12-18(23-13-22-16)20-11-9-15-6-4-5-7-17(15)25-3/h4-7,12-14H,8-11H2,1-3H3,(H,21,24)(H,20,22,23). The Hall–Kier alpha value is -2.63. The van der Waals surface area contributed by atoms with Crippen LogP contribution in [0.1, 0.15) is 36.3 Å². The predicted octanol–water partition coefficient (Wildman–Crippen LogP) is 2.92. The van der Waals surface area contributed by atoms with E-state index in [-0.39, 0.29) is 5.91 Å². The predicted molar refractivity (Wildman–Crippen MR) is 99.0 cm³/mol. The smallest absolute Gasteiger partial charge is 0.270 e. The van der Waals surface area contributed by atoms with Crippen LogP contribution in [-0.4, -0.2) is 36.1 Å². The lowest BCUT2D eigenvalue weighted by Crippen LogP contribution is -2.26. The van der Waals surface area contributed by atoms with Gasteiger partial charge in [0.05, 0.1) is 7.11 Å². The third kappa shape index (κ3) is 6.06. The molecule has 2 N–H and O–H groups in total. The Balaban J connectivity index is 1.87. The molecule has 0 radical (unpaired) electrons. The zero-order valence-electron chi connectivity index (χ0n) is 15.1. The van der Waals surface area contributed by atoms with Crippen molar-refractivity contribution in [3.63, 3.8) is 0 Å². The molecule has 0 atom stereocenters. The molecule has 0 saturated heterocycles. The second-order valence-corrected chi connectivity index (χ2v) is 6.22. The summed E-state index contributed by atoms with van der Waals surface area (Å²) in [6.45, 7) is 5.59. The van der Waals surface area contributed by atoms with Crippen LogP contribution in [0.25, 0.3) is 0 Å². The SMILES string of the molecule is COc1ccccc1CCNc1cc(C(=O)NCCC(C)C)ncn1. The fourth-order valence-corrected chi connectivity index (χ4v) is 2.38. The van der Waals surface area contributed by atoms with Crippen molar-refractivity contribution in [3.05, 3.63) is 47.9 Å². The van der Waals surface area contributed by atoms with Crippen molar-refractivity contribution in [2.24, 2.45) is 5.92 Å². The van der Waals surface area contributed by atoms with Crippen LogP contribution < -0.4 is 15.4 Å². The van der Waals surface area contributed by atoms with Crippen LogP contribution in [0.2, 0.25) is 0 Å². The van der Waals surface area contributed by atoms with E-state index in [4.69, 9.17) is 4.74 Å². The van der Waals surface area contributed by atoms with Gasteiger partial charge in [-0.25, -0.2) is 9.97 Å². The summed E-state index contributed by atoms with van der Waals surface area (Å²) in [4.78, 5) is 20.3. The largest absolute Gasteiger partial charge is 0.496 e. The first-order chi connectivity index (χ1) is 12.1. The molecule has 0 aliphatic rings. The van der Waals surface area contributed by atoms with Gasteiger partial charge in [-0.15, -0.1) is 0 Å². The van der Waals surface area contributed by atoms with Gasteiger partial charge >= 0.3 is 0 Å². The van der Waals surface area contributed by atoms with E-state index >= 15 is 0 Å². The number of benzene rings is 1. The Morgan fingerprint density at radius 1 is 1.20 bits per heavy atom. The van der Waals surface area contributed by atoms with Gasteiger partial charge in [0.2, 0.25) is 0 Å². The highest BCUT2D eigenvalue weighted by Crippen LogP contribution is 2.17. The maximum atomic E-state index is 12.1. The Bertz CT molecular complexity index is 689. The lowest BCUT2D eigenvalue weighted by molar-refractivity contribution is 0.0947. The molecule has 6 nitrogen and oxygen atoms in total. The summed E-state index contributed by atoms with van der Waals surface area (Å²) in [7, 11) is 1.67. The first-order valence-electron chi connectivity index (χ1n) is 8.56. The van der Waals surface area contributed by atoms with Crippen LogP contribution in [0.15, 0.2) is 36.7 Å².